The van der Waals surface area contributed by atoms with Gasteiger partial charge >= 0.3 is 0 Å². The summed E-state index contributed by atoms with van der Waals surface area (Å²) in [6.07, 6.45) is 5.23. The van der Waals surface area contributed by atoms with Crippen LogP contribution in [0.1, 0.15) is 55.1 Å². The highest BCUT2D eigenvalue weighted by atomic mass is 16.2. The van der Waals surface area contributed by atoms with Gasteiger partial charge in [0.1, 0.15) is 5.65 Å². The molecular formula is C23H26N4O2. The van der Waals surface area contributed by atoms with Crippen molar-refractivity contribution in [1.29, 1.82) is 0 Å². The van der Waals surface area contributed by atoms with Crippen molar-refractivity contribution in [1.82, 2.24) is 9.55 Å². The number of rotatable bonds is 5. The fraction of sp³-hybridized carbons (Fsp3) is 0.348. The van der Waals surface area contributed by atoms with Crippen molar-refractivity contribution in [3.05, 3.63) is 59.4 Å². The highest BCUT2D eigenvalue weighted by molar-refractivity contribution is 6.06. The van der Waals surface area contributed by atoms with E-state index in [1.165, 1.54) is 5.56 Å². The Balaban J connectivity index is 1.65. The van der Waals surface area contributed by atoms with Crippen LogP contribution >= 0.6 is 0 Å². The van der Waals surface area contributed by atoms with Crippen LogP contribution in [0.15, 0.2) is 42.7 Å². The molecular weight excluding hydrogens is 364 g/mol. The number of nitrogens with zero attached hydrogens (tertiary/aromatic N) is 2. The largest absolute Gasteiger partial charge is 0.366 e. The van der Waals surface area contributed by atoms with E-state index in [4.69, 9.17) is 5.73 Å². The molecule has 150 valence electrons. The average molecular weight is 390 g/mol. The maximum absolute atomic E-state index is 12.0. The smallest absolute Gasteiger partial charge is 0.250 e. The number of hydrogen-bond donors (Lipinski definition) is 2. The van der Waals surface area contributed by atoms with Gasteiger partial charge in [-0.05, 0) is 35.4 Å². The van der Waals surface area contributed by atoms with E-state index < -0.39 is 5.91 Å². The third kappa shape index (κ3) is 4.01. The number of benzene rings is 1. The standard InChI is InChI=1S/C23H26N4O2/c1-23(2,3)16-8-4-14(5-9-16)12-27-13-19(20(24)28)18-10-17(11-25-21(18)27)26-22(29)15-6-7-15/h4-5,8-11,13,15H,6-7,12H2,1-3H3,(H2,24,28)(H,26,29). The van der Waals surface area contributed by atoms with Gasteiger partial charge in [-0.1, -0.05) is 45.0 Å². The van der Waals surface area contributed by atoms with E-state index >= 15 is 0 Å². The molecule has 2 aromatic heterocycles. The van der Waals surface area contributed by atoms with Crippen LogP contribution in [0, 0.1) is 5.92 Å². The van der Waals surface area contributed by atoms with Crippen LogP contribution in [0.4, 0.5) is 5.69 Å². The minimum atomic E-state index is -0.510. The summed E-state index contributed by atoms with van der Waals surface area (Å²) in [5, 5.41) is 3.53. The molecule has 0 aliphatic heterocycles. The van der Waals surface area contributed by atoms with E-state index in [-0.39, 0.29) is 17.2 Å². The number of nitrogens with two attached hydrogens (primary N) is 1. The van der Waals surface area contributed by atoms with Crippen molar-refractivity contribution in [2.24, 2.45) is 11.7 Å². The van der Waals surface area contributed by atoms with Crippen LogP contribution in [0.25, 0.3) is 11.0 Å². The lowest BCUT2D eigenvalue weighted by atomic mass is 9.87. The van der Waals surface area contributed by atoms with Crippen LogP contribution in [0.3, 0.4) is 0 Å². The first-order valence-electron chi connectivity index (χ1n) is 9.91. The Kier molecular flexibility index (Phi) is 4.65. The highest BCUT2D eigenvalue weighted by Gasteiger charge is 2.29. The first-order chi connectivity index (χ1) is 13.7. The molecule has 6 heteroatoms. The molecule has 1 aliphatic carbocycles. The fourth-order valence-electron chi connectivity index (χ4n) is 3.45. The molecule has 1 fully saturated rings. The maximum Gasteiger partial charge on any atom is 0.250 e. The van der Waals surface area contributed by atoms with Crippen LogP contribution < -0.4 is 11.1 Å². The zero-order valence-corrected chi connectivity index (χ0v) is 17.0. The van der Waals surface area contributed by atoms with Crippen LogP contribution in [-0.2, 0) is 16.8 Å². The third-order valence-corrected chi connectivity index (χ3v) is 5.37. The van der Waals surface area contributed by atoms with Gasteiger partial charge in [0.15, 0.2) is 0 Å². The van der Waals surface area contributed by atoms with Crippen molar-refractivity contribution in [2.75, 3.05) is 5.32 Å². The van der Waals surface area contributed by atoms with E-state index in [9.17, 15) is 9.59 Å². The molecule has 0 unspecified atom stereocenters. The molecule has 1 saturated carbocycles. The van der Waals surface area contributed by atoms with E-state index in [0.717, 1.165) is 18.4 Å². The number of anilines is 1. The summed E-state index contributed by atoms with van der Waals surface area (Å²) < 4.78 is 1.92. The summed E-state index contributed by atoms with van der Waals surface area (Å²) in [6.45, 7) is 7.13. The monoisotopic (exact) mass is 390 g/mol. The van der Waals surface area contributed by atoms with Gasteiger partial charge in [-0.2, -0.15) is 0 Å². The van der Waals surface area contributed by atoms with Gasteiger partial charge in [-0.15, -0.1) is 0 Å². The minimum absolute atomic E-state index is 0.00476. The Morgan fingerprint density at radius 2 is 1.90 bits per heavy atom. The molecule has 0 radical (unpaired) electrons. The average Bonchev–Trinajstić information content (AvgIpc) is 3.45. The molecule has 2 heterocycles. The lowest BCUT2D eigenvalue weighted by Crippen LogP contribution is -2.13. The quantitative estimate of drug-likeness (QED) is 0.694. The molecule has 0 atom stereocenters. The number of fused-ring (bicyclic) bond motifs is 1. The lowest BCUT2D eigenvalue weighted by molar-refractivity contribution is -0.117. The molecule has 0 saturated heterocycles. The number of primary amides is 1. The summed E-state index contributed by atoms with van der Waals surface area (Å²) >= 11 is 0. The van der Waals surface area contributed by atoms with E-state index in [2.05, 4.69) is 55.3 Å². The van der Waals surface area contributed by atoms with Gasteiger partial charge < -0.3 is 15.6 Å². The molecule has 3 N–H and O–H groups in total. The SMILES string of the molecule is CC(C)(C)c1ccc(Cn2cc(C(N)=O)c3cc(NC(=O)C4CC4)cnc32)cc1. The number of pyridine rings is 1. The van der Waals surface area contributed by atoms with Crippen LogP contribution in [-0.4, -0.2) is 21.4 Å². The Morgan fingerprint density at radius 3 is 2.48 bits per heavy atom. The van der Waals surface area contributed by atoms with Gasteiger partial charge in [-0.3, -0.25) is 9.59 Å². The molecule has 6 nitrogen and oxygen atoms in total. The highest BCUT2D eigenvalue weighted by Crippen LogP contribution is 2.31. The number of carbonyl (C=O) groups is 2. The number of amides is 2. The normalized spacial score (nSPS) is 14.2. The molecule has 1 aliphatic rings. The Morgan fingerprint density at radius 1 is 1.21 bits per heavy atom. The molecule has 29 heavy (non-hydrogen) atoms. The number of nitrogens with one attached hydrogen (secondary N) is 1. The van der Waals surface area contributed by atoms with Gasteiger partial charge in [0.05, 0.1) is 17.4 Å². The van der Waals surface area contributed by atoms with Crippen molar-refractivity contribution >= 4 is 28.5 Å². The number of hydrogen-bond acceptors (Lipinski definition) is 3. The second-order valence-corrected chi connectivity index (χ2v) is 8.84. The van der Waals surface area contributed by atoms with E-state index in [0.29, 0.717) is 28.8 Å². The van der Waals surface area contributed by atoms with E-state index in [1.807, 2.05) is 4.57 Å². The Bertz CT molecular complexity index is 1090. The second-order valence-electron chi connectivity index (χ2n) is 8.84. The third-order valence-electron chi connectivity index (χ3n) is 5.37. The fourth-order valence-corrected chi connectivity index (χ4v) is 3.45. The topological polar surface area (TPSA) is 90.0 Å². The zero-order chi connectivity index (χ0) is 20.8. The first kappa shape index (κ1) is 19.2. The minimum Gasteiger partial charge on any atom is -0.366 e. The summed E-state index contributed by atoms with van der Waals surface area (Å²) in [7, 11) is 0. The molecule has 3 aromatic rings. The summed E-state index contributed by atoms with van der Waals surface area (Å²) in [5.74, 6) is -0.406. The molecule has 0 spiro atoms. The number of aromatic nitrogens is 2. The van der Waals surface area contributed by atoms with Gasteiger partial charge in [0, 0.05) is 24.0 Å². The Labute approximate surface area is 170 Å². The molecule has 2 amide bonds. The molecule has 0 bridgehead atoms. The van der Waals surface area contributed by atoms with Gasteiger partial charge in [0.25, 0.3) is 5.91 Å². The summed E-state index contributed by atoms with van der Waals surface area (Å²) in [4.78, 5) is 28.5. The van der Waals surface area contributed by atoms with Crippen molar-refractivity contribution in [2.45, 2.75) is 45.6 Å². The van der Waals surface area contributed by atoms with Crippen LogP contribution in [0.5, 0.6) is 0 Å². The van der Waals surface area contributed by atoms with Gasteiger partial charge in [0.2, 0.25) is 5.91 Å². The Hall–Kier alpha value is -3.15. The summed E-state index contributed by atoms with van der Waals surface area (Å²) in [5.41, 5.74) is 9.73. The zero-order valence-electron chi connectivity index (χ0n) is 17.0. The second kappa shape index (κ2) is 7.03. The predicted molar refractivity (Wildman–Crippen MR) is 114 cm³/mol. The molecule has 1 aromatic carbocycles. The van der Waals surface area contributed by atoms with Crippen molar-refractivity contribution in [3.63, 3.8) is 0 Å². The first-order valence-corrected chi connectivity index (χ1v) is 9.91. The molecule has 4 rings (SSSR count). The van der Waals surface area contributed by atoms with E-state index in [1.54, 1.807) is 18.5 Å². The van der Waals surface area contributed by atoms with Crippen molar-refractivity contribution in [3.8, 4) is 0 Å². The van der Waals surface area contributed by atoms with Crippen LogP contribution in [0.2, 0.25) is 0 Å². The lowest BCUT2D eigenvalue weighted by Gasteiger charge is -2.19. The maximum atomic E-state index is 12.0. The predicted octanol–water partition coefficient (Wildman–Crippen LogP) is 3.83. The number of carbonyl (C=O) groups excluding carboxylic acids is 2. The van der Waals surface area contributed by atoms with Gasteiger partial charge in [-0.25, -0.2) is 4.98 Å². The summed E-state index contributed by atoms with van der Waals surface area (Å²) in [6, 6.07) is 10.2. The van der Waals surface area contributed by atoms with Crippen molar-refractivity contribution < 1.29 is 9.59 Å².